The number of rotatable bonds is 11. The molecule has 0 aliphatic heterocycles. The van der Waals surface area contributed by atoms with Gasteiger partial charge in [-0.1, -0.05) is 55.7 Å². The number of benzene rings is 1. The monoisotopic (exact) mass is 356 g/mol. The highest BCUT2D eigenvalue weighted by Crippen LogP contribution is 2.22. The number of ether oxygens (including phenoxy) is 1. The van der Waals surface area contributed by atoms with Gasteiger partial charge in [-0.25, -0.2) is 9.36 Å². The van der Waals surface area contributed by atoms with Crippen molar-refractivity contribution in [1.29, 1.82) is 0 Å². The summed E-state index contributed by atoms with van der Waals surface area (Å²) in [4.78, 5) is 12.1. The number of aryl methyl sites for hydroxylation is 1. The third-order valence-electron chi connectivity index (χ3n) is 4.55. The van der Waals surface area contributed by atoms with Crippen LogP contribution in [0.15, 0.2) is 60.9 Å². The van der Waals surface area contributed by atoms with Crippen molar-refractivity contribution in [2.24, 2.45) is 0 Å². The van der Waals surface area contributed by atoms with Gasteiger partial charge in [0.25, 0.3) is 0 Å². The first-order valence-electron chi connectivity index (χ1n) is 9.50. The van der Waals surface area contributed by atoms with Gasteiger partial charge in [0.05, 0.1) is 6.61 Å². The zero-order valence-corrected chi connectivity index (χ0v) is 15.6. The van der Waals surface area contributed by atoms with E-state index in [-0.39, 0.29) is 0 Å². The van der Waals surface area contributed by atoms with Crippen LogP contribution in [-0.2, 0) is 21.7 Å². The number of hydrogen-bond donors (Lipinski definition) is 1. The minimum absolute atomic E-state index is 0.363. The second kappa shape index (κ2) is 10.7. The van der Waals surface area contributed by atoms with Crippen LogP contribution in [0.25, 0.3) is 0 Å². The first-order chi connectivity index (χ1) is 12.6. The van der Waals surface area contributed by atoms with Crippen LogP contribution in [-0.4, -0.2) is 17.7 Å². The van der Waals surface area contributed by atoms with Gasteiger partial charge >= 0.3 is 5.97 Å². The molecule has 1 aromatic heterocycles. The fourth-order valence-electron chi connectivity index (χ4n) is 2.87. The summed E-state index contributed by atoms with van der Waals surface area (Å²) in [6.45, 7) is 2.91. The van der Waals surface area contributed by atoms with Crippen molar-refractivity contribution >= 4 is 5.97 Å². The topological polar surface area (TPSA) is 50.4 Å². The normalized spacial score (nSPS) is 13.2. The van der Waals surface area contributed by atoms with E-state index in [2.05, 4.69) is 29.1 Å². The Morgan fingerprint density at radius 2 is 1.50 bits per heavy atom. The number of unbranched alkanes of at least 4 members (excludes halogenated alkanes) is 5. The molecule has 1 N–H and O–H groups in total. The lowest BCUT2D eigenvalue weighted by molar-refractivity contribution is -0.697. The summed E-state index contributed by atoms with van der Waals surface area (Å²) in [7, 11) is 0. The predicted octanol–water partition coefficient (Wildman–Crippen LogP) is 3.77. The maximum absolute atomic E-state index is 12.1. The Labute approximate surface area is 156 Å². The summed E-state index contributed by atoms with van der Waals surface area (Å²) >= 11 is 0. The standard InChI is InChI=1S/C22H30NO3/c1-22(25,20-14-8-6-9-15-20)21(24)26-19-13-5-3-2-4-10-16-23-17-11-7-12-18-23/h6-9,11-12,14-15,17-18,25H,2-5,10,13,16,19H2,1H3/q+1/t22-/m1/s1. The quantitative estimate of drug-likeness (QED) is 0.379. The molecule has 0 amide bonds. The van der Waals surface area contributed by atoms with Crippen molar-refractivity contribution in [3.8, 4) is 0 Å². The molecule has 1 atom stereocenters. The largest absolute Gasteiger partial charge is 0.463 e. The van der Waals surface area contributed by atoms with Crippen LogP contribution in [0.4, 0.5) is 0 Å². The van der Waals surface area contributed by atoms with Crippen molar-refractivity contribution in [3.05, 3.63) is 66.5 Å². The van der Waals surface area contributed by atoms with Gasteiger partial charge in [-0.05, 0) is 25.3 Å². The van der Waals surface area contributed by atoms with E-state index in [1.807, 2.05) is 12.1 Å². The van der Waals surface area contributed by atoms with Crippen molar-refractivity contribution in [1.82, 2.24) is 0 Å². The van der Waals surface area contributed by atoms with Crippen LogP contribution in [0.2, 0.25) is 0 Å². The zero-order valence-electron chi connectivity index (χ0n) is 15.6. The molecule has 140 valence electrons. The van der Waals surface area contributed by atoms with Crippen LogP contribution in [0.5, 0.6) is 0 Å². The minimum atomic E-state index is -1.59. The fourth-order valence-corrected chi connectivity index (χ4v) is 2.87. The van der Waals surface area contributed by atoms with E-state index in [1.165, 1.54) is 26.2 Å². The number of carbonyl (C=O) groups excluding carboxylic acids is 1. The lowest BCUT2D eigenvalue weighted by atomic mass is 9.96. The molecule has 0 spiro atoms. The molecule has 26 heavy (non-hydrogen) atoms. The maximum atomic E-state index is 12.1. The third-order valence-corrected chi connectivity index (χ3v) is 4.55. The molecule has 2 aromatic rings. The summed E-state index contributed by atoms with van der Waals surface area (Å²) in [5.41, 5.74) is -1.03. The Morgan fingerprint density at radius 3 is 2.19 bits per heavy atom. The number of aliphatic hydroxyl groups is 1. The number of aromatic nitrogens is 1. The van der Waals surface area contributed by atoms with Crippen LogP contribution >= 0.6 is 0 Å². The fraction of sp³-hybridized carbons (Fsp3) is 0.455. The Balaban J connectivity index is 1.52. The van der Waals surface area contributed by atoms with Crippen molar-refractivity contribution in [2.45, 2.75) is 57.6 Å². The summed E-state index contributed by atoms with van der Waals surface area (Å²) in [6, 6.07) is 15.0. The highest BCUT2D eigenvalue weighted by atomic mass is 16.5. The molecular formula is C22H30NO3+. The Morgan fingerprint density at radius 1 is 0.923 bits per heavy atom. The number of esters is 1. The molecule has 0 aliphatic carbocycles. The molecule has 0 saturated carbocycles. The van der Waals surface area contributed by atoms with Gasteiger partial charge in [-0.2, -0.15) is 0 Å². The first kappa shape index (κ1) is 20.1. The van der Waals surface area contributed by atoms with Gasteiger partial charge in [0.2, 0.25) is 0 Å². The van der Waals surface area contributed by atoms with E-state index in [4.69, 9.17) is 4.74 Å². The second-order valence-corrected chi connectivity index (χ2v) is 6.81. The second-order valence-electron chi connectivity index (χ2n) is 6.81. The van der Waals surface area contributed by atoms with E-state index in [9.17, 15) is 9.90 Å². The first-order valence-corrected chi connectivity index (χ1v) is 9.50. The molecule has 0 saturated heterocycles. The highest BCUT2D eigenvalue weighted by molar-refractivity contribution is 5.80. The Kier molecular flexibility index (Phi) is 8.29. The van der Waals surface area contributed by atoms with E-state index in [1.54, 1.807) is 24.3 Å². The minimum Gasteiger partial charge on any atom is -0.463 e. The zero-order chi connectivity index (χ0) is 18.7. The molecule has 1 heterocycles. The molecular weight excluding hydrogens is 326 g/mol. The van der Waals surface area contributed by atoms with Gasteiger partial charge in [0.15, 0.2) is 18.0 Å². The van der Waals surface area contributed by atoms with Crippen LogP contribution in [0.1, 0.15) is 51.0 Å². The van der Waals surface area contributed by atoms with E-state index < -0.39 is 11.6 Å². The maximum Gasteiger partial charge on any atom is 0.342 e. The van der Waals surface area contributed by atoms with E-state index in [0.29, 0.717) is 12.2 Å². The highest BCUT2D eigenvalue weighted by Gasteiger charge is 2.33. The lowest BCUT2D eigenvalue weighted by Gasteiger charge is -2.21. The summed E-state index contributed by atoms with van der Waals surface area (Å²) < 4.78 is 7.46. The molecule has 4 nitrogen and oxygen atoms in total. The molecule has 0 radical (unpaired) electrons. The summed E-state index contributed by atoms with van der Waals surface area (Å²) in [5.74, 6) is -0.580. The number of hydrogen-bond acceptors (Lipinski definition) is 3. The van der Waals surface area contributed by atoms with Gasteiger partial charge in [0.1, 0.15) is 6.54 Å². The molecule has 0 bridgehead atoms. The van der Waals surface area contributed by atoms with Crippen LogP contribution in [0.3, 0.4) is 0 Å². The molecule has 1 aromatic carbocycles. The lowest BCUT2D eigenvalue weighted by Crippen LogP contribution is -2.34. The van der Waals surface area contributed by atoms with Crippen LogP contribution in [0, 0.1) is 0 Å². The van der Waals surface area contributed by atoms with Crippen molar-refractivity contribution in [3.63, 3.8) is 0 Å². The average Bonchev–Trinajstić information content (AvgIpc) is 2.68. The molecule has 0 aliphatic rings. The summed E-state index contributed by atoms with van der Waals surface area (Å²) in [5, 5.41) is 10.4. The number of nitrogens with zero attached hydrogens (tertiary/aromatic N) is 1. The number of carbonyl (C=O) groups is 1. The molecule has 0 unspecified atom stereocenters. The predicted molar refractivity (Wildman–Crippen MR) is 101 cm³/mol. The van der Waals surface area contributed by atoms with Gasteiger partial charge in [0, 0.05) is 18.6 Å². The smallest absolute Gasteiger partial charge is 0.342 e. The third kappa shape index (κ3) is 6.60. The average molecular weight is 356 g/mol. The summed E-state index contributed by atoms with van der Waals surface area (Å²) in [6.07, 6.45) is 10.8. The van der Waals surface area contributed by atoms with Gasteiger partial charge < -0.3 is 9.84 Å². The number of pyridine rings is 1. The molecule has 0 fully saturated rings. The van der Waals surface area contributed by atoms with E-state index >= 15 is 0 Å². The van der Waals surface area contributed by atoms with Crippen molar-refractivity contribution < 1.29 is 19.2 Å². The molecule has 2 rings (SSSR count). The SMILES string of the molecule is C[C@](O)(C(=O)OCCCCCCCC[n+]1ccccc1)c1ccccc1. The Hall–Kier alpha value is -2.20. The van der Waals surface area contributed by atoms with E-state index in [0.717, 1.165) is 25.8 Å². The molecule has 4 heteroatoms. The van der Waals surface area contributed by atoms with Gasteiger partial charge in [-0.3, -0.25) is 0 Å². The van der Waals surface area contributed by atoms with Crippen molar-refractivity contribution in [2.75, 3.05) is 6.61 Å². The van der Waals surface area contributed by atoms with Crippen LogP contribution < -0.4 is 4.57 Å². The van der Waals surface area contributed by atoms with Gasteiger partial charge in [-0.15, -0.1) is 0 Å². The Bertz CT molecular complexity index is 641.